The lowest BCUT2D eigenvalue weighted by atomic mass is 9.53. The molecule has 0 saturated heterocycles. The van der Waals surface area contributed by atoms with Crippen molar-refractivity contribution in [1.82, 2.24) is 9.80 Å². The molecule has 1 unspecified atom stereocenters. The fourth-order valence-corrected chi connectivity index (χ4v) is 11.7. The Balaban J connectivity index is 0.000000218. The second-order valence-electron chi connectivity index (χ2n) is 18.5. The highest BCUT2D eigenvalue weighted by molar-refractivity contribution is 6.32. The Morgan fingerprint density at radius 3 is 1.70 bits per heavy atom. The Labute approximate surface area is 394 Å². The molecule has 360 valence electrons. The molecule has 0 aromatic heterocycles. The number of aliphatic hydroxyl groups excluding tert-OH is 5. The van der Waals surface area contributed by atoms with Crippen molar-refractivity contribution in [2.45, 2.75) is 60.9 Å². The third-order valence-corrected chi connectivity index (χ3v) is 14.6. The Morgan fingerprint density at radius 2 is 1.18 bits per heavy atom. The maximum Gasteiger partial charge on any atom is 0.202 e. The van der Waals surface area contributed by atoms with Gasteiger partial charge in [0.2, 0.25) is 11.6 Å². The highest BCUT2D eigenvalue weighted by Gasteiger charge is 2.70. The molecule has 0 spiro atoms. The van der Waals surface area contributed by atoms with E-state index in [4.69, 9.17) is 23.1 Å². The average Bonchev–Trinajstić information content (AvgIpc) is 3.20. The number of phenolic OH excluding ortho intramolecular Hbond substituents is 2. The van der Waals surface area contributed by atoms with Gasteiger partial charge >= 0.3 is 0 Å². The zero-order valence-electron chi connectivity index (χ0n) is 36.9. The molecule has 2 aromatic rings. The molecule has 2 aromatic carbocycles. The van der Waals surface area contributed by atoms with Crippen molar-refractivity contribution in [3.63, 3.8) is 0 Å². The summed E-state index contributed by atoms with van der Waals surface area (Å²) in [6.45, 7) is 9.61. The van der Waals surface area contributed by atoms with E-state index in [1.807, 2.05) is 0 Å². The molecule has 0 bridgehead atoms. The van der Waals surface area contributed by atoms with Gasteiger partial charge in [-0.1, -0.05) is 36.9 Å². The Morgan fingerprint density at radius 1 is 0.701 bits per heavy atom. The smallest absolute Gasteiger partial charge is 0.202 e. The Hall–Kier alpha value is -5.74. The minimum atomic E-state index is -2.86. The van der Waals surface area contributed by atoms with Crippen molar-refractivity contribution in [2.75, 3.05) is 28.2 Å². The second-order valence-corrected chi connectivity index (χ2v) is 18.9. The first-order valence-electron chi connectivity index (χ1n) is 20.5. The maximum absolute atomic E-state index is 13.8. The van der Waals surface area contributed by atoms with Crippen molar-refractivity contribution < 1.29 is 75.3 Å². The minimum Gasteiger partial charge on any atom is -0.508 e. The molecule has 0 amide bonds. The van der Waals surface area contributed by atoms with Crippen LogP contribution < -0.4 is 11.5 Å². The predicted molar refractivity (Wildman–Crippen MR) is 242 cm³/mol. The van der Waals surface area contributed by atoms with Crippen molar-refractivity contribution in [2.24, 2.45) is 35.1 Å². The molecule has 0 radical (unpaired) electrons. The molecular weight excluding hydrogens is 919 g/mol. The van der Waals surface area contributed by atoms with Crippen LogP contribution in [0.2, 0.25) is 5.02 Å². The van der Waals surface area contributed by atoms with E-state index in [2.05, 4.69) is 13.2 Å². The lowest BCUT2D eigenvalue weighted by Gasteiger charge is -2.55. The van der Waals surface area contributed by atoms with E-state index in [9.17, 15) is 75.3 Å². The molecule has 15 N–H and O–H groups in total. The molecule has 11 atom stereocenters. The molecule has 21 heteroatoms. The number of allylic oxidation sites excluding steroid dienone is 2. The van der Waals surface area contributed by atoms with Crippen molar-refractivity contribution in [1.29, 1.82) is 0 Å². The van der Waals surface area contributed by atoms with Gasteiger partial charge in [-0.3, -0.25) is 29.0 Å². The maximum atomic E-state index is 13.8. The number of aromatic hydroxyl groups is 2. The van der Waals surface area contributed by atoms with Crippen LogP contribution in [0.25, 0.3) is 11.5 Å². The van der Waals surface area contributed by atoms with Gasteiger partial charge in [-0.25, -0.2) is 0 Å². The summed E-state index contributed by atoms with van der Waals surface area (Å²) in [5, 5.41) is 122. The number of hydrogen-bond donors (Lipinski definition) is 13. The molecule has 0 aliphatic heterocycles. The van der Waals surface area contributed by atoms with E-state index >= 15 is 0 Å². The number of fused-ring (bicyclic) bond motifs is 6. The summed E-state index contributed by atoms with van der Waals surface area (Å²) in [6.07, 6.45) is -1.97. The quantitative estimate of drug-likeness (QED) is 0.205. The third-order valence-electron chi connectivity index (χ3n) is 14.3. The summed E-state index contributed by atoms with van der Waals surface area (Å²) >= 11 is 6.30. The number of nitrogens with two attached hydrogens (primary N) is 2. The van der Waals surface area contributed by atoms with Crippen LogP contribution in [0.3, 0.4) is 0 Å². The third kappa shape index (κ3) is 6.51. The predicted octanol–water partition coefficient (Wildman–Crippen LogP) is 1.28. The van der Waals surface area contributed by atoms with Gasteiger partial charge in [-0.05, 0) is 72.2 Å². The number of benzene rings is 2. The van der Waals surface area contributed by atoms with Crippen LogP contribution in [0.1, 0.15) is 42.5 Å². The summed E-state index contributed by atoms with van der Waals surface area (Å²) in [7, 11) is 6.10. The number of ketones is 4. The van der Waals surface area contributed by atoms with E-state index in [0.717, 1.165) is 0 Å². The normalized spacial score (nSPS) is 34.3. The first-order chi connectivity index (χ1) is 30.4. The number of Topliss-reactive ketones (excluding diaryl/α,β-unsaturated/α-hetero) is 4. The number of hydrogen-bond acceptors (Lipinski definition) is 19. The zero-order chi connectivity index (χ0) is 49.6. The number of carbonyl (C=O) groups is 4. The molecule has 2 saturated carbocycles. The highest BCUT2D eigenvalue weighted by atomic mass is 35.5. The Bertz CT molecular complexity index is 2760. The van der Waals surface area contributed by atoms with Crippen molar-refractivity contribution in [3.8, 4) is 11.5 Å². The first kappa shape index (κ1) is 50.7. The van der Waals surface area contributed by atoms with E-state index in [-0.39, 0.29) is 57.4 Å². The van der Waals surface area contributed by atoms with Gasteiger partial charge in [0.15, 0.2) is 22.8 Å². The fourth-order valence-electron chi connectivity index (χ4n) is 11.3. The molecule has 2 fully saturated rings. The van der Waals surface area contributed by atoms with E-state index in [0.29, 0.717) is 0 Å². The van der Waals surface area contributed by atoms with Crippen LogP contribution in [-0.4, -0.2) is 147 Å². The minimum absolute atomic E-state index is 0. The van der Waals surface area contributed by atoms with Gasteiger partial charge in [0.05, 0.1) is 69.1 Å². The van der Waals surface area contributed by atoms with Gasteiger partial charge in [0.25, 0.3) is 0 Å². The summed E-state index contributed by atoms with van der Waals surface area (Å²) in [4.78, 5) is 56.8. The summed E-state index contributed by atoms with van der Waals surface area (Å²) in [5.41, 5.74) is -1.06. The van der Waals surface area contributed by atoms with Crippen LogP contribution in [0.4, 0.5) is 0 Å². The number of rotatable bonds is 4. The molecule has 67 heavy (non-hydrogen) atoms. The van der Waals surface area contributed by atoms with Gasteiger partial charge in [-0.15, -0.1) is 12.4 Å². The fraction of sp³-hybridized carbons (Fsp3) is 0.391. The van der Waals surface area contributed by atoms with Gasteiger partial charge in [-0.2, -0.15) is 0 Å². The summed E-state index contributed by atoms with van der Waals surface area (Å²) in [6, 6.07) is 4.22. The lowest BCUT2D eigenvalue weighted by Crippen LogP contribution is -2.71. The molecule has 0 heterocycles. The zero-order valence-corrected chi connectivity index (χ0v) is 38.5. The number of halogens is 2. The highest BCUT2D eigenvalue weighted by Crippen LogP contribution is 2.60. The van der Waals surface area contributed by atoms with E-state index in [1.165, 1.54) is 68.1 Å². The van der Waals surface area contributed by atoms with Crippen molar-refractivity contribution in [3.05, 3.63) is 116 Å². The second kappa shape index (κ2) is 16.2. The summed E-state index contributed by atoms with van der Waals surface area (Å²) in [5.74, 6) is -13.5. The molecule has 19 nitrogen and oxygen atoms in total. The van der Waals surface area contributed by atoms with E-state index < -0.39 is 144 Å². The molecule has 6 aliphatic rings. The SMILES string of the molecule is C=C(N)C1=C(O)[C@@]2(O)C(=O)C3=C(O)c4c(O)ccc(Cl)c4[C@@](C)(O)C3C[C@H]2[C@H](N(C)C)C1=O.C=C(N)C1=C(O)[C@@]2(O)C(=O)C3=C(O)c4c(O)cccc4[C@@](C)(O)[C@H]3[C@H](O)[C@H]2[C@H](N(C)C)C1=O.Cl. The Kier molecular flexibility index (Phi) is 12.3. The number of likely N-dealkylation sites (N-methyl/N-ethyl adjacent to an activating group) is 2. The number of aliphatic hydroxyl groups is 9. The number of nitrogens with zero attached hydrogens (tertiary/aromatic N) is 2. The molecular formula is C46H52Cl2N4O15. The largest absolute Gasteiger partial charge is 0.508 e. The van der Waals surface area contributed by atoms with Gasteiger partial charge in [0.1, 0.15) is 34.5 Å². The average molecular weight is 972 g/mol. The van der Waals surface area contributed by atoms with Crippen LogP contribution in [-0.2, 0) is 30.4 Å². The van der Waals surface area contributed by atoms with E-state index in [1.54, 1.807) is 14.1 Å². The standard InChI is InChI=1S/C23H25ClN2O7.C23H26N2O8.ClH/c1-8(25)13-19(29)17(26(3)4)10-7-9-14(21(31)23(10,33)20(13)30)18(28)15-12(27)6-5-11(24)16(15)22(9,2)32;1-8(24)11-18(28)16(25(3)4)15-19(29)14-13(21(31)23(15,33)20(11)30)17(27)12-9(22(14,2)32)6-5-7-10(12)26;/h5-6,9-10,17,27-28,30,32-33H,1,7,25H2,2-4H3;5-7,14-16,19,26-27,29-30,32-33H,1,24H2,2-4H3;1H/t9?,10-,17-,22-,23+;14-,15-,16+,19+,22-,23-;/m01./s1. The number of carbonyl (C=O) groups excluding carboxylic acids is 4. The van der Waals surface area contributed by atoms with Gasteiger partial charge in [0, 0.05) is 39.4 Å². The molecule has 6 aliphatic carbocycles. The van der Waals surface area contributed by atoms with Crippen LogP contribution in [0.15, 0.2) is 88.7 Å². The van der Waals surface area contributed by atoms with Crippen LogP contribution in [0, 0.1) is 23.7 Å². The van der Waals surface area contributed by atoms with Crippen molar-refractivity contribution >= 4 is 58.7 Å². The van der Waals surface area contributed by atoms with Crippen LogP contribution in [0.5, 0.6) is 11.5 Å². The summed E-state index contributed by atoms with van der Waals surface area (Å²) < 4.78 is 0. The van der Waals surface area contributed by atoms with Gasteiger partial charge < -0.3 is 67.6 Å². The molecule has 8 rings (SSSR count). The monoisotopic (exact) mass is 970 g/mol. The van der Waals surface area contributed by atoms with Crippen LogP contribution >= 0.6 is 24.0 Å². The topological polar surface area (TPSA) is 349 Å². The first-order valence-corrected chi connectivity index (χ1v) is 20.8. The number of phenols is 2. The lowest BCUT2D eigenvalue weighted by molar-refractivity contribution is -0.181.